The molecule has 1 N–H and O–H groups in total. The molecule has 28 heavy (non-hydrogen) atoms. The largest absolute Gasteiger partial charge is 0.444 e. The number of benzene rings is 1. The monoisotopic (exact) mass is 394 g/mol. The van der Waals surface area contributed by atoms with E-state index in [0.717, 1.165) is 0 Å². The van der Waals surface area contributed by atoms with Crippen molar-refractivity contribution >= 4 is 11.9 Å². The molecule has 1 aliphatic heterocycles. The third kappa shape index (κ3) is 3.88. The Morgan fingerprint density at radius 1 is 1.32 bits per heavy atom. The maximum Gasteiger partial charge on any atom is 0.413 e. The Bertz CT molecular complexity index is 934. The van der Waals surface area contributed by atoms with Gasteiger partial charge in [0.1, 0.15) is 22.7 Å². The molecule has 0 spiro atoms. The highest BCUT2D eigenvalue weighted by Crippen LogP contribution is 2.35. The molecule has 2 heterocycles. The predicted octanol–water partition coefficient (Wildman–Crippen LogP) is 4.16. The molecule has 0 saturated heterocycles. The lowest BCUT2D eigenvalue weighted by atomic mass is 9.90. The lowest BCUT2D eigenvalue weighted by molar-refractivity contribution is 0.0562. The summed E-state index contributed by atoms with van der Waals surface area (Å²) < 4.78 is 47.8. The first-order valence-electron chi connectivity index (χ1n) is 8.69. The molecule has 1 aromatic heterocycles. The highest BCUT2D eigenvalue weighted by atomic mass is 19.3. The normalized spacial score (nSPS) is 19.2. The van der Waals surface area contributed by atoms with Gasteiger partial charge in [-0.15, -0.1) is 0 Å². The van der Waals surface area contributed by atoms with E-state index in [1.165, 1.54) is 29.0 Å². The van der Waals surface area contributed by atoms with Crippen molar-refractivity contribution in [3.05, 3.63) is 53.4 Å². The Kier molecular flexibility index (Phi) is 4.95. The average molecular weight is 394 g/mol. The summed E-state index contributed by atoms with van der Waals surface area (Å²) in [6, 6.07) is 5.97. The molecule has 1 atom stereocenters. The second-order valence-electron chi connectivity index (χ2n) is 7.73. The molecule has 6 nitrogen and oxygen atoms in total. The molecule has 0 radical (unpaired) electrons. The van der Waals surface area contributed by atoms with E-state index in [1.54, 1.807) is 33.8 Å². The number of amidine groups is 1. The maximum atomic E-state index is 14.4. The number of aromatic nitrogens is 2. The van der Waals surface area contributed by atoms with Gasteiger partial charge in [-0.05, 0) is 33.8 Å². The molecule has 0 unspecified atom stereocenters. The van der Waals surface area contributed by atoms with E-state index in [9.17, 15) is 18.0 Å². The summed E-state index contributed by atoms with van der Waals surface area (Å²) in [5.74, 6) is -1.01. The zero-order chi connectivity index (χ0) is 20.7. The number of nitrogens with zero attached hydrogens (tertiary/aromatic N) is 3. The molecule has 0 aliphatic carbocycles. The minimum Gasteiger partial charge on any atom is -0.444 e. The lowest BCUT2D eigenvalue weighted by Gasteiger charge is -2.33. The molecule has 1 aromatic carbocycles. The molecule has 1 amide bonds. The lowest BCUT2D eigenvalue weighted by Crippen LogP contribution is -2.43. The number of ether oxygens (including phenoxy) is 1. The maximum absolute atomic E-state index is 14.4. The zero-order valence-corrected chi connectivity index (χ0v) is 16.0. The number of rotatable bonds is 2. The molecule has 0 bridgehead atoms. The van der Waals surface area contributed by atoms with Crippen LogP contribution in [-0.4, -0.2) is 27.1 Å². The van der Waals surface area contributed by atoms with Gasteiger partial charge in [-0.25, -0.2) is 22.9 Å². The van der Waals surface area contributed by atoms with Gasteiger partial charge in [-0.3, -0.25) is 10.3 Å². The quantitative estimate of drug-likeness (QED) is 0.832. The van der Waals surface area contributed by atoms with Crippen LogP contribution in [0.15, 0.2) is 35.5 Å². The van der Waals surface area contributed by atoms with Crippen LogP contribution in [0.5, 0.6) is 0 Å². The van der Waals surface area contributed by atoms with Crippen molar-refractivity contribution < 1.29 is 22.7 Å². The van der Waals surface area contributed by atoms with Gasteiger partial charge in [0, 0.05) is 5.56 Å². The number of carbonyl (C=O) groups is 1. The molecule has 2 aromatic rings. The minimum atomic E-state index is -2.83. The van der Waals surface area contributed by atoms with E-state index in [0.29, 0.717) is 0 Å². The Labute approximate surface area is 160 Å². The number of aliphatic imine (C=N–C) groups is 1. The van der Waals surface area contributed by atoms with Crippen LogP contribution in [-0.2, 0) is 16.8 Å². The van der Waals surface area contributed by atoms with Crippen molar-refractivity contribution in [1.29, 1.82) is 0 Å². The number of carbonyl (C=O) groups excluding carboxylic acids is 1. The second-order valence-corrected chi connectivity index (χ2v) is 7.73. The zero-order valence-electron chi connectivity index (χ0n) is 16.0. The number of nitrogens with one attached hydrogen (secondary N) is 1. The fourth-order valence-electron chi connectivity index (χ4n) is 3.10. The first kappa shape index (κ1) is 19.9. The predicted molar refractivity (Wildman–Crippen MR) is 96.8 cm³/mol. The highest BCUT2D eigenvalue weighted by molar-refractivity contribution is 6.06. The number of fused-ring (bicyclic) bond motifs is 1. The average Bonchev–Trinajstić information content (AvgIpc) is 2.97. The summed E-state index contributed by atoms with van der Waals surface area (Å²) in [6.07, 6.45) is -2.42. The molecule has 1 aliphatic rings. The minimum absolute atomic E-state index is 0.00865. The molecule has 3 rings (SSSR count). The summed E-state index contributed by atoms with van der Waals surface area (Å²) in [5.41, 5.74) is -1.57. The van der Waals surface area contributed by atoms with Crippen molar-refractivity contribution in [1.82, 2.24) is 14.9 Å². The van der Waals surface area contributed by atoms with E-state index in [-0.39, 0.29) is 23.6 Å². The Balaban J connectivity index is 2.08. The third-order valence-corrected chi connectivity index (χ3v) is 4.22. The van der Waals surface area contributed by atoms with Crippen molar-refractivity contribution in [3.63, 3.8) is 0 Å². The summed E-state index contributed by atoms with van der Waals surface area (Å²) in [5, 5.41) is 2.49. The SMILES string of the molecule is CC(C)(C)OC(=O)NC1=N[C@](C)(c2ccccc2F)Cn2c1cnc2C(F)F. The van der Waals surface area contributed by atoms with Gasteiger partial charge in [-0.1, -0.05) is 18.2 Å². The number of amides is 1. The smallest absolute Gasteiger partial charge is 0.413 e. The number of hydrogen-bond donors (Lipinski definition) is 1. The fourth-order valence-corrected chi connectivity index (χ4v) is 3.10. The summed E-state index contributed by atoms with van der Waals surface area (Å²) in [4.78, 5) is 20.5. The van der Waals surface area contributed by atoms with Gasteiger partial charge in [0.15, 0.2) is 11.7 Å². The number of halogens is 3. The fraction of sp³-hybridized carbons (Fsp3) is 0.421. The van der Waals surface area contributed by atoms with Crippen LogP contribution in [0, 0.1) is 5.82 Å². The van der Waals surface area contributed by atoms with Gasteiger partial charge in [0.05, 0.1) is 12.7 Å². The Hall–Kier alpha value is -2.84. The van der Waals surface area contributed by atoms with Crippen LogP contribution in [0.4, 0.5) is 18.0 Å². The number of imidazole rings is 1. The van der Waals surface area contributed by atoms with Crippen molar-refractivity contribution in [2.24, 2.45) is 4.99 Å². The van der Waals surface area contributed by atoms with E-state index in [2.05, 4.69) is 15.3 Å². The Morgan fingerprint density at radius 2 is 2.00 bits per heavy atom. The van der Waals surface area contributed by atoms with Crippen LogP contribution in [0.25, 0.3) is 0 Å². The first-order chi connectivity index (χ1) is 13.0. The van der Waals surface area contributed by atoms with E-state index >= 15 is 0 Å². The van der Waals surface area contributed by atoms with Crippen molar-refractivity contribution in [2.75, 3.05) is 0 Å². The summed E-state index contributed by atoms with van der Waals surface area (Å²) in [7, 11) is 0. The van der Waals surface area contributed by atoms with Crippen LogP contribution in [0.2, 0.25) is 0 Å². The van der Waals surface area contributed by atoms with Gasteiger partial charge in [0.25, 0.3) is 6.43 Å². The van der Waals surface area contributed by atoms with Gasteiger partial charge in [-0.2, -0.15) is 0 Å². The summed E-state index contributed by atoms with van der Waals surface area (Å²) in [6.45, 7) is 6.64. The highest BCUT2D eigenvalue weighted by Gasteiger charge is 2.38. The number of alkyl halides is 2. The van der Waals surface area contributed by atoms with Crippen LogP contribution in [0.1, 0.15) is 51.2 Å². The molecular formula is C19H21F3N4O2. The standard InChI is InChI=1S/C19H21F3N4O2/c1-18(2,3)28-17(27)24-15-13-9-23-16(14(21)22)26(13)10-19(4,25-15)11-7-5-6-8-12(11)20/h5-9,14H,10H2,1-4H3,(H,24,25,27)/t19-/m0/s1. The van der Waals surface area contributed by atoms with Crippen molar-refractivity contribution in [3.8, 4) is 0 Å². The number of hydrogen-bond acceptors (Lipinski definition) is 4. The first-order valence-corrected chi connectivity index (χ1v) is 8.69. The summed E-state index contributed by atoms with van der Waals surface area (Å²) >= 11 is 0. The number of alkyl carbamates (subject to hydrolysis) is 1. The van der Waals surface area contributed by atoms with Crippen molar-refractivity contribution in [2.45, 2.75) is 51.8 Å². The molecule has 0 saturated carbocycles. The van der Waals surface area contributed by atoms with Crippen LogP contribution >= 0.6 is 0 Å². The van der Waals surface area contributed by atoms with E-state index in [4.69, 9.17) is 4.74 Å². The molecule has 0 fully saturated rings. The molecule has 150 valence electrons. The molecular weight excluding hydrogens is 373 g/mol. The van der Waals surface area contributed by atoms with E-state index < -0.39 is 35.3 Å². The van der Waals surface area contributed by atoms with Gasteiger partial charge < -0.3 is 9.30 Å². The van der Waals surface area contributed by atoms with Gasteiger partial charge in [0.2, 0.25) is 0 Å². The second kappa shape index (κ2) is 6.96. The van der Waals surface area contributed by atoms with Gasteiger partial charge >= 0.3 is 6.09 Å². The third-order valence-electron chi connectivity index (χ3n) is 4.22. The van der Waals surface area contributed by atoms with E-state index in [1.807, 2.05) is 0 Å². The van der Waals surface area contributed by atoms with Crippen LogP contribution < -0.4 is 5.32 Å². The molecule has 9 heteroatoms. The van der Waals surface area contributed by atoms with Crippen LogP contribution in [0.3, 0.4) is 0 Å². The topological polar surface area (TPSA) is 68.5 Å². The Morgan fingerprint density at radius 3 is 2.61 bits per heavy atom.